The standard InChI is InChI=1S/C37H42N10O4/c1-2-30(48)43-28-18-29(33(50)32(28)49)47-22-40-31-34(39-20-27(23-10-5-3-6-11-23)24-12-7-4-8-13-24)44-36(45-35(31)47)46-17-15-26(21-46)42-37(51)41-25-14-9-16-38-19-25/h3-14,16,19,22,26-29,32-33,49-50H,2,15,17-18,20-21H2,1H3,(H,43,48)(H,39,44,45)(H2,41,42,51)/t26-,28+,29?,32-,33+/m1/s1. The molecule has 1 unspecified atom stereocenters. The summed E-state index contributed by atoms with van der Waals surface area (Å²) in [6, 6.07) is 22.4. The van der Waals surface area contributed by atoms with Gasteiger partial charge in [-0.3, -0.25) is 9.78 Å². The number of hydrogen-bond acceptors (Lipinski definition) is 10. The van der Waals surface area contributed by atoms with Crippen molar-refractivity contribution in [2.45, 2.75) is 62.4 Å². The maximum Gasteiger partial charge on any atom is 0.319 e. The first-order valence-electron chi connectivity index (χ1n) is 17.3. The van der Waals surface area contributed by atoms with Crippen molar-refractivity contribution in [2.24, 2.45) is 0 Å². The van der Waals surface area contributed by atoms with Crippen LogP contribution in [0.3, 0.4) is 0 Å². The largest absolute Gasteiger partial charge is 0.388 e. The van der Waals surface area contributed by atoms with Gasteiger partial charge in [-0.1, -0.05) is 67.6 Å². The summed E-state index contributed by atoms with van der Waals surface area (Å²) in [4.78, 5) is 45.7. The molecule has 7 rings (SSSR count). The molecule has 0 bridgehead atoms. The zero-order valence-corrected chi connectivity index (χ0v) is 28.3. The zero-order valence-electron chi connectivity index (χ0n) is 28.3. The van der Waals surface area contributed by atoms with Gasteiger partial charge in [-0.05, 0) is 36.1 Å². The van der Waals surface area contributed by atoms with Gasteiger partial charge in [0.25, 0.3) is 0 Å². The average molecular weight is 691 g/mol. The predicted molar refractivity (Wildman–Crippen MR) is 193 cm³/mol. The van der Waals surface area contributed by atoms with Gasteiger partial charge in [0, 0.05) is 44.2 Å². The Morgan fingerprint density at radius 1 is 0.941 bits per heavy atom. The molecule has 264 valence electrons. The molecule has 5 aromatic rings. The highest BCUT2D eigenvalue weighted by molar-refractivity contribution is 5.89. The summed E-state index contributed by atoms with van der Waals surface area (Å²) in [5.41, 5.74) is 3.90. The van der Waals surface area contributed by atoms with Crippen molar-refractivity contribution in [3.63, 3.8) is 0 Å². The summed E-state index contributed by atoms with van der Waals surface area (Å²) in [6.45, 7) is 3.34. The van der Waals surface area contributed by atoms with Crippen LogP contribution in [-0.2, 0) is 4.79 Å². The fourth-order valence-electron chi connectivity index (χ4n) is 6.99. The van der Waals surface area contributed by atoms with E-state index < -0.39 is 24.3 Å². The zero-order chi connectivity index (χ0) is 35.3. The number of amides is 3. The maximum absolute atomic E-state index is 12.8. The maximum atomic E-state index is 12.8. The summed E-state index contributed by atoms with van der Waals surface area (Å²) >= 11 is 0. The third-order valence-corrected chi connectivity index (χ3v) is 9.69. The number of pyridine rings is 1. The van der Waals surface area contributed by atoms with E-state index in [2.05, 4.69) is 50.5 Å². The molecule has 2 aromatic carbocycles. The Morgan fingerprint density at radius 2 is 1.69 bits per heavy atom. The number of hydrogen-bond donors (Lipinski definition) is 6. The van der Waals surface area contributed by atoms with E-state index in [4.69, 9.17) is 15.0 Å². The second kappa shape index (κ2) is 15.1. The molecule has 4 heterocycles. The van der Waals surface area contributed by atoms with Crippen molar-refractivity contribution >= 4 is 40.6 Å². The number of nitrogens with zero attached hydrogens (tertiary/aromatic N) is 6. The van der Waals surface area contributed by atoms with Crippen LogP contribution >= 0.6 is 0 Å². The minimum absolute atomic E-state index is 0.0105. The van der Waals surface area contributed by atoms with Crippen molar-refractivity contribution in [1.29, 1.82) is 0 Å². The molecule has 2 aliphatic rings. The molecule has 6 N–H and O–H groups in total. The van der Waals surface area contributed by atoms with Crippen LogP contribution < -0.4 is 26.2 Å². The van der Waals surface area contributed by atoms with Gasteiger partial charge in [0.1, 0.15) is 12.2 Å². The Morgan fingerprint density at radius 3 is 2.37 bits per heavy atom. The quantitative estimate of drug-likeness (QED) is 0.120. The second-order valence-electron chi connectivity index (χ2n) is 13.0. The summed E-state index contributed by atoms with van der Waals surface area (Å²) in [5.74, 6) is 0.788. The van der Waals surface area contributed by atoms with Crippen molar-refractivity contribution in [3.8, 4) is 0 Å². The highest BCUT2D eigenvalue weighted by Crippen LogP contribution is 2.35. The number of aromatic nitrogens is 5. The fourth-order valence-corrected chi connectivity index (χ4v) is 6.99. The molecule has 0 radical (unpaired) electrons. The molecule has 2 fully saturated rings. The Balaban J connectivity index is 1.19. The van der Waals surface area contributed by atoms with Gasteiger partial charge in [0.2, 0.25) is 11.9 Å². The molecular formula is C37H42N10O4. The monoisotopic (exact) mass is 690 g/mol. The van der Waals surface area contributed by atoms with E-state index in [1.807, 2.05) is 41.3 Å². The number of rotatable bonds is 11. The number of aliphatic hydroxyl groups is 2. The minimum Gasteiger partial charge on any atom is -0.388 e. The fraction of sp³-hybridized carbons (Fsp3) is 0.351. The second-order valence-corrected chi connectivity index (χ2v) is 13.0. The highest BCUT2D eigenvalue weighted by atomic mass is 16.3. The number of benzene rings is 2. The first-order valence-corrected chi connectivity index (χ1v) is 17.3. The van der Waals surface area contributed by atoms with Gasteiger partial charge < -0.3 is 40.9 Å². The van der Waals surface area contributed by atoms with E-state index in [-0.39, 0.29) is 30.3 Å². The van der Waals surface area contributed by atoms with Crippen LogP contribution in [0.2, 0.25) is 0 Å². The molecule has 51 heavy (non-hydrogen) atoms. The van der Waals surface area contributed by atoms with Crippen LogP contribution in [0, 0.1) is 0 Å². The SMILES string of the molecule is CCC(=O)N[C@H]1CC(n2cnc3c(NCC(c4ccccc4)c4ccccc4)nc(N4CC[C@@H](NC(=O)Nc5cccnc5)C4)nc32)[C@H](O)[C@@H]1O. The molecule has 3 aromatic heterocycles. The van der Waals surface area contributed by atoms with Crippen LogP contribution in [0.15, 0.2) is 91.5 Å². The summed E-state index contributed by atoms with van der Waals surface area (Å²) < 4.78 is 1.77. The molecule has 0 spiro atoms. The number of imidazole rings is 1. The van der Waals surface area contributed by atoms with E-state index in [1.165, 1.54) is 0 Å². The van der Waals surface area contributed by atoms with Gasteiger partial charge in [-0.25, -0.2) is 9.78 Å². The molecular weight excluding hydrogens is 648 g/mol. The topological polar surface area (TPSA) is 182 Å². The Kier molecular flexibility index (Phi) is 10.0. The third-order valence-electron chi connectivity index (χ3n) is 9.69. The number of carbonyl (C=O) groups is 2. The van der Waals surface area contributed by atoms with Crippen LogP contribution in [-0.4, -0.2) is 90.6 Å². The van der Waals surface area contributed by atoms with Gasteiger partial charge >= 0.3 is 6.03 Å². The van der Waals surface area contributed by atoms with Crippen LogP contribution in [0.25, 0.3) is 11.2 Å². The molecule has 1 aliphatic heterocycles. The predicted octanol–water partition coefficient (Wildman–Crippen LogP) is 3.43. The van der Waals surface area contributed by atoms with Crippen molar-refractivity contribution in [1.82, 2.24) is 35.1 Å². The van der Waals surface area contributed by atoms with Gasteiger partial charge in [-0.15, -0.1) is 0 Å². The molecule has 1 saturated heterocycles. The highest BCUT2D eigenvalue weighted by Gasteiger charge is 2.44. The lowest BCUT2D eigenvalue weighted by molar-refractivity contribution is -0.122. The molecule has 14 heteroatoms. The average Bonchev–Trinajstić information content (AvgIpc) is 3.87. The van der Waals surface area contributed by atoms with Crippen LogP contribution in [0.4, 0.5) is 22.2 Å². The lowest BCUT2D eigenvalue weighted by Gasteiger charge is -2.22. The normalized spacial score (nSPS) is 21.6. The number of fused-ring (bicyclic) bond motifs is 1. The van der Waals surface area contributed by atoms with E-state index in [0.717, 1.165) is 11.1 Å². The Bertz CT molecular complexity index is 1910. The summed E-state index contributed by atoms with van der Waals surface area (Å²) in [6.07, 6.45) is 3.79. The Labute approximate surface area is 295 Å². The van der Waals surface area contributed by atoms with E-state index in [1.54, 1.807) is 42.3 Å². The lowest BCUT2D eigenvalue weighted by Crippen LogP contribution is -2.42. The number of carbonyl (C=O) groups excluding carboxylic acids is 2. The van der Waals surface area contributed by atoms with Crippen molar-refractivity contribution in [3.05, 3.63) is 103 Å². The van der Waals surface area contributed by atoms with Crippen LogP contribution in [0.1, 0.15) is 49.3 Å². The number of urea groups is 1. The summed E-state index contributed by atoms with van der Waals surface area (Å²) in [7, 11) is 0. The first kappa shape index (κ1) is 33.9. The number of nitrogens with one attached hydrogen (secondary N) is 4. The van der Waals surface area contributed by atoms with E-state index in [9.17, 15) is 19.8 Å². The van der Waals surface area contributed by atoms with E-state index >= 15 is 0 Å². The van der Waals surface area contributed by atoms with Crippen LogP contribution in [0.5, 0.6) is 0 Å². The molecule has 14 nitrogen and oxygen atoms in total. The number of anilines is 3. The molecule has 1 saturated carbocycles. The minimum atomic E-state index is -1.15. The van der Waals surface area contributed by atoms with Crippen molar-refractivity contribution < 1.29 is 19.8 Å². The third kappa shape index (κ3) is 7.47. The summed E-state index contributed by atoms with van der Waals surface area (Å²) in [5, 5.41) is 34.3. The van der Waals surface area contributed by atoms with Crippen molar-refractivity contribution in [2.75, 3.05) is 35.2 Å². The van der Waals surface area contributed by atoms with Gasteiger partial charge in [-0.2, -0.15) is 9.97 Å². The molecule has 1 aliphatic carbocycles. The van der Waals surface area contributed by atoms with E-state index in [0.29, 0.717) is 61.1 Å². The molecule has 5 atom stereocenters. The lowest BCUT2D eigenvalue weighted by atomic mass is 9.91. The molecule has 3 amide bonds. The number of aliphatic hydroxyl groups excluding tert-OH is 2. The Hall–Kier alpha value is -5.60. The van der Waals surface area contributed by atoms with Gasteiger partial charge in [0.15, 0.2) is 17.0 Å². The smallest absolute Gasteiger partial charge is 0.319 e. The first-order chi connectivity index (χ1) is 24.9. The van der Waals surface area contributed by atoms with Gasteiger partial charge in [0.05, 0.1) is 30.3 Å².